The van der Waals surface area contributed by atoms with Crippen molar-refractivity contribution in [2.24, 2.45) is 5.73 Å². The van der Waals surface area contributed by atoms with Gasteiger partial charge in [-0.25, -0.2) is 0 Å². The van der Waals surface area contributed by atoms with Gasteiger partial charge in [-0.05, 0) is 6.07 Å². The fourth-order valence-corrected chi connectivity index (χ4v) is 0.743. The Morgan fingerprint density at radius 2 is 2.09 bits per heavy atom. The molecular weight excluding hydrogens is 206 g/mol. The van der Waals surface area contributed by atoms with Crippen LogP contribution in [0.1, 0.15) is 5.56 Å². The zero-order valence-electron chi connectivity index (χ0n) is 5.66. The highest BCUT2D eigenvalue weighted by atomic mass is 35.5. The van der Waals surface area contributed by atoms with Crippen LogP contribution in [-0.2, 0) is 6.54 Å². The maximum Gasteiger partial charge on any atom is 0.0481 e. The van der Waals surface area contributed by atoms with Crippen molar-refractivity contribution in [3.8, 4) is 0 Å². The lowest BCUT2D eigenvalue weighted by Gasteiger charge is -1.95. The van der Waals surface area contributed by atoms with E-state index in [1.54, 1.807) is 18.5 Å². The topological polar surface area (TPSA) is 38.9 Å². The Morgan fingerprint density at radius 1 is 1.45 bits per heavy atom. The first kappa shape index (κ1) is 13.6. The van der Waals surface area contributed by atoms with E-state index in [9.17, 15) is 0 Å². The molecule has 2 N–H and O–H groups in total. The predicted octanol–water partition coefficient (Wildman–Crippen LogP) is 2.04. The van der Waals surface area contributed by atoms with Gasteiger partial charge in [-0.2, -0.15) is 0 Å². The van der Waals surface area contributed by atoms with E-state index in [0.717, 1.165) is 5.56 Å². The molecule has 0 amide bonds. The lowest BCUT2D eigenvalue weighted by Crippen LogP contribution is -1.96. The molecular formula is C6H9Cl3N2. The van der Waals surface area contributed by atoms with Gasteiger partial charge in [0.05, 0.1) is 0 Å². The Labute approximate surface area is 83.0 Å². The summed E-state index contributed by atoms with van der Waals surface area (Å²) in [6.45, 7) is 0.451. The Morgan fingerprint density at radius 3 is 2.45 bits per heavy atom. The van der Waals surface area contributed by atoms with Gasteiger partial charge in [0.25, 0.3) is 0 Å². The molecule has 11 heavy (non-hydrogen) atoms. The van der Waals surface area contributed by atoms with Crippen LogP contribution in [0.3, 0.4) is 0 Å². The molecule has 0 atom stereocenters. The summed E-state index contributed by atoms with van der Waals surface area (Å²) >= 11 is 5.70. The average molecular weight is 216 g/mol. The molecule has 2 nitrogen and oxygen atoms in total. The summed E-state index contributed by atoms with van der Waals surface area (Å²) < 4.78 is 0. The fraction of sp³-hybridized carbons (Fsp3) is 0.167. The third-order valence-electron chi connectivity index (χ3n) is 1.06. The van der Waals surface area contributed by atoms with E-state index in [4.69, 9.17) is 17.3 Å². The summed E-state index contributed by atoms with van der Waals surface area (Å²) in [6.07, 6.45) is 3.31. The number of rotatable bonds is 1. The van der Waals surface area contributed by atoms with Crippen LogP contribution in [0.2, 0.25) is 5.02 Å². The second-order valence-corrected chi connectivity index (χ2v) is 2.08. The van der Waals surface area contributed by atoms with Crippen LogP contribution >= 0.6 is 36.4 Å². The molecule has 1 aromatic rings. The molecule has 0 aromatic carbocycles. The van der Waals surface area contributed by atoms with Crippen LogP contribution in [0.25, 0.3) is 0 Å². The Bertz CT molecular complexity index is 205. The van der Waals surface area contributed by atoms with Gasteiger partial charge < -0.3 is 5.73 Å². The minimum absolute atomic E-state index is 0. The van der Waals surface area contributed by atoms with Crippen molar-refractivity contribution in [1.82, 2.24) is 4.98 Å². The van der Waals surface area contributed by atoms with Crippen LogP contribution < -0.4 is 5.73 Å². The van der Waals surface area contributed by atoms with E-state index in [0.29, 0.717) is 11.6 Å². The number of hydrogen-bond donors (Lipinski definition) is 1. The van der Waals surface area contributed by atoms with Crippen molar-refractivity contribution >= 4 is 36.4 Å². The van der Waals surface area contributed by atoms with Crippen molar-refractivity contribution in [2.45, 2.75) is 6.54 Å². The summed E-state index contributed by atoms with van der Waals surface area (Å²) in [5.74, 6) is 0. The van der Waals surface area contributed by atoms with Gasteiger partial charge in [-0.1, -0.05) is 11.6 Å². The summed E-state index contributed by atoms with van der Waals surface area (Å²) in [7, 11) is 0. The molecule has 0 fully saturated rings. The average Bonchev–Trinajstić information content (AvgIpc) is 1.89. The number of nitrogens with two attached hydrogens (primary N) is 1. The Kier molecular flexibility index (Phi) is 8.23. The third kappa shape index (κ3) is 3.77. The van der Waals surface area contributed by atoms with Crippen molar-refractivity contribution in [3.63, 3.8) is 0 Å². The Hall–Kier alpha value is -0.0200. The lowest BCUT2D eigenvalue weighted by atomic mass is 10.3. The van der Waals surface area contributed by atoms with Gasteiger partial charge in [-0.15, -0.1) is 24.8 Å². The van der Waals surface area contributed by atoms with Gasteiger partial charge in [0.15, 0.2) is 0 Å². The van der Waals surface area contributed by atoms with E-state index < -0.39 is 0 Å². The standard InChI is InChI=1S/C6H7ClN2.2ClH/c7-6-1-2-9-4-5(6)3-8;;/h1-2,4H,3,8H2;2*1H. The highest BCUT2D eigenvalue weighted by molar-refractivity contribution is 6.31. The van der Waals surface area contributed by atoms with Crippen LogP contribution in [0.5, 0.6) is 0 Å². The SMILES string of the molecule is Cl.Cl.NCc1cnccc1Cl. The van der Waals surface area contributed by atoms with Crippen molar-refractivity contribution in [3.05, 3.63) is 29.0 Å². The highest BCUT2D eigenvalue weighted by Gasteiger charge is 1.93. The molecule has 0 unspecified atom stereocenters. The number of hydrogen-bond acceptors (Lipinski definition) is 2. The number of halogens is 3. The van der Waals surface area contributed by atoms with E-state index >= 15 is 0 Å². The molecule has 64 valence electrons. The van der Waals surface area contributed by atoms with Crippen LogP contribution in [0.4, 0.5) is 0 Å². The van der Waals surface area contributed by atoms with Crippen molar-refractivity contribution in [2.75, 3.05) is 0 Å². The first-order valence-electron chi connectivity index (χ1n) is 2.63. The largest absolute Gasteiger partial charge is 0.326 e. The smallest absolute Gasteiger partial charge is 0.0481 e. The second kappa shape index (κ2) is 6.68. The zero-order chi connectivity index (χ0) is 6.69. The molecule has 0 spiro atoms. The molecule has 0 saturated heterocycles. The summed E-state index contributed by atoms with van der Waals surface area (Å²) in [5, 5.41) is 0.688. The van der Waals surface area contributed by atoms with E-state index in [-0.39, 0.29) is 24.8 Å². The maximum absolute atomic E-state index is 5.70. The third-order valence-corrected chi connectivity index (χ3v) is 1.43. The van der Waals surface area contributed by atoms with E-state index in [2.05, 4.69) is 4.98 Å². The number of nitrogens with zero attached hydrogens (tertiary/aromatic N) is 1. The summed E-state index contributed by atoms with van der Waals surface area (Å²) in [6, 6.07) is 1.73. The summed E-state index contributed by atoms with van der Waals surface area (Å²) in [5.41, 5.74) is 6.21. The van der Waals surface area contributed by atoms with Gasteiger partial charge in [0.1, 0.15) is 0 Å². The fourth-order valence-electron chi connectivity index (χ4n) is 0.560. The molecule has 1 rings (SSSR count). The van der Waals surface area contributed by atoms with Crippen LogP contribution in [0.15, 0.2) is 18.5 Å². The zero-order valence-corrected chi connectivity index (χ0v) is 8.05. The predicted molar refractivity (Wildman–Crippen MR) is 51.6 cm³/mol. The molecule has 0 bridgehead atoms. The monoisotopic (exact) mass is 214 g/mol. The molecule has 0 aliphatic heterocycles. The molecule has 0 aliphatic rings. The quantitative estimate of drug-likeness (QED) is 0.779. The van der Waals surface area contributed by atoms with Crippen molar-refractivity contribution < 1.29 is 0 Å². The maximum atomic E-state index is 5.70. The molecule has 0 radical (unpaired) electrons. The molecule has 0 aliphatic carbocycles. The minimum atomic E-state index is 0. The first-order chi connectivity index (χ1) is 4.34. The summed E-state index contributed by atoms with van der Waals surface area (Å²) in [4.78, 5) is 3.85. The van der Waals surface area contributed by atoms with Gasteiger partial charge in [0, 0.05) is 29.5 Å². The van der Waals surface area contributed by atoms with Crippen LogP contribution in [0, 0.1) is 0 Å². The minimum Gasteiger partial charge on any atom is -0.326 e. The van der Waals surface area contributed by atoms with E-state index in [1.165, 1.54) is 0 Å². The highest BCUT2D eigenvalue weighted by Crippen LogP contribution is 2.11. The number of aromatic nitrogens is 1. The molecule has 1 aromatic heterocycles. The Balaban J connectivity index is 0. The van der Waals surface area contributed by atoms with Crippen LogP contribution in [-0.4, -0.2) is 4.98 Å². The lowest BCUT2D eigenvalue weighted by molar-refractivity contribution is 1.05. The van der Waals surface area contributed by atoms with Gasteiger partial charge in [-0.3, -0.25) is 4.98 Å². The van der Waals surface area contributed by atoms with Gasteiger partial charge in [0.2, 0.25) is 0 Å². The normalized spacial score (nSPS) is 7.82. The number of pyridine rings is 1. The molecule has 1 heterocycles. The van der Waals surface area contributed by atoms with E-state index in [1.807, 2.05) is 0 Å². The van der Waals surface area contributed by atoms with Crippen molar-refractivity contribution in [1.29, 1.82) is 0 Å². The molecule has 5 heteroatoms. The second-order valence-electron chi connectivity index (χ2n) is 1.67. The first-order valence-corrected chi connectivity index (χ1v) is 3.01. The van der Waals surface area contributed by atoms with Gasteiger partial charge >= 0.3 is 0 Å². The molecule has 0 saturated carbocycles.